The zero-order valence-electron chi connectivity index (χ0n) is 17.5. The summed E-state index contributed by atoms with van der Waals surface area (Å²) in [6, 6.07) is 8.05. The van der Waals surface area contributed by atoms with Crippen LogP contribution in [-0.2, 0) is 16.0 Å². The molecule has 2 N–H and O–H groups in total. The summed E-state index contributed by atoms with van der Waals surface area (Å²) in [5.41, 5.74) is 2.23. The van der Waals surface area contributed by atoms with Crippen LogP contribution in [0, 0.1) is 0 Å². The van der Waals surface area contributed by atoms with E-state index in [-0.39, 0.29) is 18.4 Å². The number of hydrogen-bond donors (Lipinski definition) is 2. The number of anilines is 1. The first-order valence-electron chi connectivity index (χ1n) is 10.9. The first-order chi connectivity index (χ1) is 14.2. The Morgan fingerprint density at radius 1 is 1.10 bits per heavy atom. The fraction of sp³-hybridized carbons (Fsp3) is 0.591. The van der Waals surface area contributed by atoms with E-state index in [1.807, 2.05) is 34.9 Å². The van der Waals surface area contributed by atoms with E-state index in [0.717, 1.165) is 70.5 Å². The topological polar surface area (TPSA) is 77.0 Å². The van der Waals surface area contributed by atoms with Gasteiger partial charge in [0.05, 0.1) is 0 Å². The fourth-order valence-electron chi connectivity index (χ4n) is 3.92. The van der Waals surface area contributed by atoms with Gasteiger partial charge in [0, 0.05) is 44.8 Å². The van der Waals surface area contributed by atoms with Crippen molar-refractivity contribution in [3.63, 3.8) is 0 Å². The molecule has 0 spiro atoms. The van der Waals surface area contributed by atoms with Gasteiger partial charge in [-0.25, -0.2) is 4.99 Å². The van der Waals surface area contributed by atoms with Crippen LogP contribution < -0.4 is 15.5 Å². The van der Waals surface area contributed by atoms with Crippen LogP contribution in [0.15, 0.2) is 29.3 Å². The van der Waals surface area contributed by atoms with Crippen molar-refractivity contribution in [1.82, 2.24) is 15.5 Å². The number of nitrogens with zero attached hydrogens (tertiary/aromatic N) is 3. The van der Waals surface area contributed by atoms with E-state index < -0.39 is 0 Å². The van der Waals surface area contributed by atoms with Crippen molar-refractivity contribution in [3.8, 4) is 0 Å². The number of amides is 2. The molecular weight excluding hydrogens is 366 g/mol. The molecule has 1 aromatic carbocycles. The lowest BCUT2D eigenvalue weighted by Gasteiger charge is -2.21. The quantitative estimate of drug-likeness (QED) is 0.417. The van der Waals surface area contributed by atoms with Crippen molar-refractivity contribution in [1.29, 1.82) is 0 Å². The van der Waals surface area contributed by atoms with Crippen LogP contribution in [0.4, 0.5) is 5.69 Å². The van der Waals surface area contributed by atoms with E-state index in [1.54, 1.807) is 0 Å². The molecule has 29 heavy (non-hydrogen) atoms. The minimum absolute atomic E-state index is 0.0160. The summed E-state index contributed by atoms with van der Waals surface area (Å²) in [6.07, 6.45) is 5.71. The van der Waals surface area contributed by atoms with E-state index in [4.69, 9.17) is 0 Å². The number of aliphatic imine (C=N–C) groups is 1. The van der Waals surface area contributed by atoms with Gasteiger partial charge in [-0.3, -0.25) is 9.59 Å². The molecule has 7 heteroatoms. The highest BCUT2D eigenvalue weighted by Gasteiger charge is 2.23. The first kappa shape index (κ1) is 21.1. The van der Waals surface area contributed by atoms with Gasteiger partial charge in [0.25, 0.3) is 0 Å². The van der Waals surface area contributed by atoms with Crippen LogP contribution in [0.2, 0.25) is 0 Å². The number of guanidine groups is 1. The van der Waals surface area contributed by atoms with Crippen LogP contribution >= 0.6 is 0 Å². The Morgan fingerprint density at radius 2 is 1.97 bits per heavy atom. The number of hydrogen-bond acceptors (Lipinski definition) is 3. The number of benzene rings is 1. The SMILES string of the molecule is CCNC(=NCC(=O)N1CCc2ccccc21)NCCCN1CCCCCC1=O. The monoisotopic (exact) mass is 399 g/mol. The van der Waals surface area contributed by atoms with E-state index in [9.17, 15) is 9.59 Å². The molecule has 3 rings (SSSR count). The second kappa shape index (κ2) is 10.8. The highest BCUT2D eigenvalue weighted by Crippen LogP contribution is 2.27. The Kier molecular flexibility index (Phi) is 7.90. The van der Waals surface area contributed by atoms with Crippen LogP contribution in [0.25, 0.3) is 0 Å². The van der Waals surface area contributed by atoms with Gasteiger partial charge in [-0.05, 0) is 44.2 Å². The largest absolute Gasteiger partial charge is 0.357 e. The average Bonchev–Trinajstić information content (AvgIpc) is 3.06. The first-order valence-corrected chi connectivity index (χ1v) is 10.9. The zero-order chi connectivity index (χ0) is 20.5. The maximum absolute atomic E-state index is 12.6. The molecule has 0 atom stereocenters. The molecule has 1 saturated heterocycles. The van der Waals surface area contributed by atoms with Crippen LogP contribution in [0.5, 0.6) is 0 Å². The molecular formula is C22H33N5O2. The number of carbonyl (C=O) groups excluding carboxylic acids is 2. The highest BCUT2D eigenvalue weighted by molar-refractivity contribution is 5.98. The van der Waals surface area contributed by atoms with Gasteiger partial charge in [-0.1, -0.05) is 24.6 Å². The molecule has 2 amide bonds. The lowest BCUT2D eigenvalue weighted by molar-refractivity contribution is -0.130. The standard InChI is InChI=1S/C22H33N5O2/c1-2-23-22(24-13-8-15-26-14-7-3-4-11-20(26)28)25-17-21(29)27-16-12-18-9-5-6-10-19(18)27/h5-6,9-10H,2-4,7-8,11-17H2,1H3,(H2,23,24,25). The second-order valence-corrected chi connectivity index (χ2v) is 7.59. The maximum Gasteiger partial charge on any atom is 0.248 e. The molecule has 2 aliphatic rings. The van der Waals surface area contributed by atoms with Gasteiger partial charge in [0.1, 0.15) is 6.54 Å². The highest BCUT2D eigenvalue weighted by atomic mass is 16.2. The molecule has 7 nitrogen and oxygen atoms in total. The molecule has 1 aromatic rings. The van der Waals surface area contributed by atoms with E-state index in [1.165, 1.54) is 5.56 Å². The molecule has 0 aliphatic carbocycles. The lowest BCUT2D eigenvalue weighted by atomic mass is 10.2. The Bertz CT molecular complexity index is 734. The number of fused-ring (bicyclic) bond motifs is 1. The van der Waals surface area contributed by atoms with Crippen molar-refractivity contribution in [2.45, 2.75) is 45.4 Å². The number of nitrogens with one attached hydrogen (secondary N) is 2. The zero-order valence-corrected chi connectivity index (χ0v) is 17.5. The molecule has 0 aromatic heterocycles. The van der Waals surface area contributed by atoms with Gasteiger partial charge in [-0.15, -0.1) is 0 Å². The Hall–Kier alpha value is -2.57. The van der Waals surface area contributed by atoms with Crippen molar-refractivity contribution in [2.75, 3.05) is 44.2 Å². The molecule has 1 fully saturated rings. The summed E-state index contributed by atoms with van der Waals surface area (Å²) in [4.78, 5) is 33.0. The molecule has 2 aliphatic heterocycles. The predicted molar refractivity (Wildman–Crippen MR) is 116 cm³/mol. The van der Waals surface area contributed by atoms with E-state index in [2.05, 4.69) is 21.7 Å². The Labute approximate surface area is 173 Å². The lowest BCUT2D eigenvalue weighted by Crippen LogP contribution is -2.40. The van der Waals surface area contributed by atoms with Crippen LogP contribution in [0.1, 0.15) is 44.6 Å². The van der Waals surface area contributed by atoms with Crippen molar-refractivity contribution in [3.05, 3.63) is 29.8 Å². The average molecular weight is 400 g/mol. The summed E-state index contributed by atoms with van der Waals surface area (Å²) in [5.74, 6) is 0.942. The molecule has 0 bridgehead atoms. The Morgan fingerprint density at radius 3 is 2.83 bits per heavy atom. The molecule has 158 valence electrons. The summed E-state index contributed by atoms with van der Waals surface area (Å²) < 4.78 is 0. The van der Waals surface area contributed by atoms with E-state index in [0.29, 0.717) is 12.4 Å². The summed E-state index contributed by atoms with van der Waals surface area (Å²) in [7, 11) is 0. The minimum Gasteiger partial charge on any atom is -0.357 e. The fourth-order valence-corrected chi connectivity index (χ4v) is 3.92. The van der Waals surface area contributed by atoms with E-state index >= 15 is 0 Å². The van der Waals surface area contributed by atoms with Crippen molar-refractivity contribution >= 4 is 23.5 Å². The van der Waals surface area contributed by atoms with Gasteiger partial charge in [0.15, 0.2) is 5.96 Å². The third-order valence-electron chi connectivity index (χ3n) is 5.47. The normalized spacial score (nSPS) is 17.1. The van der Waals surface area contributed by atoms with Gasteiger partial charge in [-0.2, -0.15) is 0 Å². The van der Waals surface area contributed by atoms with Crippen molar-refractivity contribution in [2.24, 2.45) is 4.99 Å². The third kappa shape index (κ3) is 5.95. The second-order valence-electron chi connectivity index (χ2n) is 7.59. The number of carbonyl (C=O) groups is 2. The van der Waals surface area contributed by atoms with Gasteiger partial charge >= 0.3 is 0 Å². The molecule has 0 saturated carbocycles. The number of rotatable bonds is 7. The Balaban J connectivity index is 1.46. The predicted octanol–water partition coefficient (Wildman–Crippen LogP) is 1.92. The van der Waals surface area contributed by atoms with Gasteiger partial charge < -0.3 is 20.4 Å². The van der Waals surface area contributed by atoms with Crippen molar-refractivity contribution < 1.29 is 9.59 Å². The molecule has 0 unspecified atom stereocenters. The third-order valence-corrected chi connectivity index (χ3v) is 5.47. The van der Waals surface area contributed by atoms with Crippen LogP contribution in [0.3, 0.4) is 0 Å². The molecule has 0 radical (unpaired) electrons. The number of para-hydroxylation sites is 1. The summed E-state index contributed by atoms with van der Waals surface area (Å²) >= 11 is 0. The summed E-state index contributed by atoms with van der Waals surface area (Å²) in [5, 5.41) is 6.48. The smallest absolute Gasteiger partial charge is 0.248 e. The number of likely N-dealkylation sites (tertiary alicyclic amines) is 1. The maximum atomic E-state index is 12.6. The molecule has 2 heterocycles. The van der Waals surface area contributed by atoms with Crippen LogP contribution in [-0.4, -0.2) is 61.9 Å². The summed E-state index contributed by atoms with van der Waals surface area (Å²) in [6.45, 7) is 5.95. The van der Waals surface area contributed by atoms with Gasteiger partial charge in [0.2, 0.25) is 11.8 Å². The minimum atomic E-state index is 0.0160.